The lowest BCUT2D eigenvalue weighted by Gasteiger charge is -2.00. The monoisotopic (exact) mass is 162 g/mol. The van der Waals surface area contributed by atoms with Crippen molar-refractivity contribution in [1.29, 1.82) is 0 Å². The van der Waals surface area contributed by atoms with Crippen molar-refractivity contribution in [3.63, 3.8) is 0 Å². The quantitative estimate of drug-likeness (QED) is 0.702. The third-order valence-electron chi connectivity index (χ3n) is 1.57. The SMILES string of the molecule is CCNC(=O)c1c[c]c(C)cc1. The second-order valence-electron chi connectivity index (χ2n) is 2.62. The normalized spacial score (nSPS) is 9.50. The third-order valence-corrected chi connectivity index (χ3v) is 1.57. The molecule has 0 spiro atoms. The average molecular weight is 162 g/mol. The van der Waals surface area contributed by atoms with Gasteiger partial charge in [0.05, 0.1) is 0 Å². The number of nitrogens with one attached hydrogen (secondary N) is 1. The Kier molecular flexibility index (Phi) is 2.86. The minimum Gasteiger partial charge on any atom is -0.352 e. The number of amides is 1. The van der Waals surface area contributed by atoms with Gasteiger partial charge < -0.3 is 5.32 Å². The van der Waals surface area contributed by atoms with Gasteiger partial charge in [-0.05, 0) is 37.6 Å². The van der Waals surface area contributed by atoms with Crippen molar-refractivity contribution in [3.8, 4) is 0 Å². The van der Waals surface area contributed by atoms with E-state index in [2.05, 4.69) is 11.4 Å². The van der Waals surface area contributed by atoms with Gasteiger partial charge in [0.2, 0.25) is 0 Å². The van der Waals surface area contributed by atoms with Crippen molar-refractivity contribution in [2.45, 2.75) is 13.8 Å². The van der Waals surface area contributed by atoms with E-state index in [1.54, 1.807) is 12.1 Å². The first kappa shape index (κ1) is 8.78. The Hall–Kier alpha value is -1.31. The highest BCUT2D eigenvalue weighted by Gasteiger charge is 2.01. The first-order valence-corrected chi connectivity index (χ1v) is 4.00. The Morgan fingerprint density at radius 3 is 2.83 bits per heavy atom. The second kappa shape index (κ2) is 3.90. The molecule has 63 valence electrons. The van der Waals surface area contributed by atoms with Gasteiger partial charge in [-0.1, -0.05) is 6.07 Å². The lowest BCUT2D eigenvalue weighted by atomic mass is 10.1. The van der Waals surface area contributed by atoms with E-state index < -0.39 is 0 Å². The zero-order valence-corrected chi connectivity index (χ0v) is 7.35. The maximum absolute atomic E-state index is 11.2. The largest absolute Gasteiger partial charge is 0.352 e. The summed E-state index contributed by atoms with van der Waals surface area (Å²) in [4.78, 5) is 11.2. The number of carbonyl (C=O) groups is 1. The van der Waals surface area contributed by atoms with Crippen molar-refractivity contribution in [2.24, 2.45) is 0 Å². The van der Waals surface area contributed by atoms with Crippen molar-refractivity contribution < 1.29 is 4.79 Å². The van der Waals surface area contributed by atoms with Gasteiger partial charge in [0.1, 0.15) is 0 Å². The van der Waals surface area contributed by atoms with Gasteiger partial charge in [0, 0.05) is 12.1 Å². The maximum Gasteiger partial charge on any atom is 0.251 e. The molecule has 0 aliphatic heterocycles. The van der Waals surface area contributed by atoms with Gasteiger partial charge in [-0.15, -0.1) is 0 Å². The number of benzene rings is 1. The van der Waals surface area contributed by atoms with Crippen LogP contribution in [0.4, 0.5) is 0 Å². The van der Waals surface area contributed by atoms with E-state index in [0.717, 1.165) is 5.56 Å². The summed E-state index contributed by atoms with van der Waals surface area (Å²) in [5.74, 6) is -0.0336. The number of carbonyl (C=O) groups excluding carboxylic acids is 1. The van der Waals surface area contributed by atoms with Gasteiger partial charge >= 0.3 is 0 Å². The molecule has 0 saturated heterocycles. The van der Waals surface area contributed by atoms with Crippen LogP contribution >= 0.6 is 0 Å². The molecule has 0 saturated carbocycles. The summed E-state index contributed by atoms with van der Waals surface area (Å²) >= 11 is 0. The zero-order valence-electron chi connectivity index (χ0n) is 7.35. The Labute approximate surface area is 72.6 Å². The van der Waals surface area contributed by atoms with E-state index >= 15 is 0 Å². The third kappa shape index (κ3) is 2.09. The molecule has 1 aromatic rings. The van der Waals surface area contributed by atoms with Crippen LogP contribution < -0.4 is 5.32 Å². The minimum absolute atomic E-state index is 0.0336. The van der Waals surface area contributed by atoms with Gasteiger partial charge in [-0.25, -0.2) is 0 Å². The molecule has 0 aliphatic rings. The fraction of sp³-hybridized carbons (Fsp3) is 0.300. The molecule has 1 rings (SSSR count). The summed E-state index contributed by atoms with van der Waals surface area (Å²) in [5.41, 5.74) is 1.71. The Bertz CT molecular complexity index is 264. The molecule has 0 atom stereocenters. The highest BCUT2D eigenvalue weighted by Crippen LogP contribution is 2.01. The summed E-state index contributed by atoms with van der Waals surface area (Å²) in [7, 11) is 0. The fourth-order valence-corrected chi connectivity index (χ4v) is 0.906. The molecule has 0 aliphatic carbocycles. The van der Waals surface area contributed by atoms with Crippen LogP contribution in [0, 0.1) is 13.0 Å². The van der Waals surface area contributed by atoms with Crippen LogP contribution in [0.3, 0.4) is 0 Å². The lowest BCUT2D eigenvalue weighted by Crippen LogP contribution is -2.22. The first-order chi connectivity index (χ1) is 5.74. The molecule has 1 radical (unpaired) electrons. The molecule has 1 amide bonds. The summed E-state index contributed by atoms with van der Waals surface area (Å²) in [6, 6.07) is 8.37. The van der Waals surface area contributed by atoms with Gasteiger partial charge in [0.15, 0.2) is 0 Å². The molecule has 1 N–H and O–H groups in total. The van der Waals surface area contributed by atoms with Gasteiger partial charge in [-0.3, -0.25) is 4.79 Å². The van der Waals surface area contributed by atoms with Crippen LogP contribution in [0.2, 0.25) is 0 Å². The van der Waals surface area contributed by atoms with Crippen molar-refractivity contribution in [2.75, 3.05) is 6.54 Å². The minimum atomic E-state index is -0.0336. The van der Waals surface area contributed by atoms with Crippen LogP contribution in [0.5, 0.6) is 0 Å². The summed E-state index contributed by atoms with van der Waals surface area (Å²) < 4.78 is 0. The van der Waals surface area contributed by atoms with Crippen molar-refractivity contribution in [1.82, 2.24) is 5.32 Å². The molecular formula is C10H12NO. The fourth-order valence-electron chi connectivity index (χ4n) is 0.906. The van der Waals surface area contributed by atoms with E-state index in [0.29, 0.717) is 12.1 Å². The van der Waals surface area contributed by atoms with E-state index in [1.807, 2.05) is 19.9 Å². The van der Waals surface area contributed by atoms with Crippen molar-refractivity contribution in [3.05, 3.63) is 35.4 Å². The van der Waals surface area contributed by atoms with Gasteiger partial charge in [0.25, 0.3) is 5.91 Å². The maximum atomic E-state index is 11.2. The van der Waals surface area contributed by atoms with E-state index in [-0.39, 0.29) is 5.91 Å². The average Bonchev–Trinajstić information content (AvgIpc) is 2.06. The summed E-state index contributed by atoms with van der Waals surface area (Å²) in [5, 5.41) is 2.72. The highest BCUT2D eigenvalue weighted by molar-refractivity contribution is 5.94. The van der Waals surface area contributed by atoms with E-state index in [4.69, 9.17) is 0 Å². The summed E-state index contributed by atoms with van der Waals surface area (Å²) in [6.45, 7) is 4.50. The predicted molar refractivity (Wildman–Crippen MR) is 48.0 cm³/mol. The van der Waals surface area contributed by atoms with Crippen LogP contribution in [-0.2, 0) is 0 Å². The lowest BCUT2D eigenvalue weighted by molar-refractivity contribution is 0.0956. The Balaban J connectivity index is 2.75. The predicted octanol–water partition coefficient (Wildman–Crippen LogP) is 1.54. The van der Waals surface area contributed by atoms with Crippen molar-refractivity contribution >= 4 is 5.91 Å². The molecule has 1 aromatic carbocycles. The topological polar surface area (TPSA) is 29.1 Å². The summed E-state index contributed by atoms with van der Waals surface area (Å²) in [6.07, 6.45) is 0. The smallest absolute Gasteiger partial charge is 0.251 e. The molecular weight excluding hydrogens is 150 g/mol. The molecule has 0 unspecified atom stereocenters. The molecule has 12 heavy (non-hydrogen) atoms. The van der Waals surface area contributed by atoms with Crippen LogP contribution in [0.25, 0.3) is 0 Å². The molecule has 0 heterocycles. The van der Waals surface area contributed by atoms with Crippen LogP contribution in [0.1, 0.15) is 22.8 Å². The Morgan fingerprint density at radius 2 is 2.33 bits per heavy atom. The van der Waals surface area contributed by atoms with E-state index in [1.165, 1.54) is 0 Å². The number of hydrogen-bond donors (Lipinski definition) is 1. The standard InChI is InChI=1S/C10H12NO/c1-3-11-10(12)9-6-4-8(2)5-7-9/h4,6-7H,3H2,1-2H3,(H,11,12). The van der Waals surface area contributed by atoms with Crippen LogP contribution in [0.15, 0.2) is 18.2 Å². The zero-order chi connectivity index (χ0) is 8.97. The molecule has 0 bridgehead atoms. The Morgan fingerprint density at radius 1 is 1.58 bits per heavy atom. The van der Waals surface area contributed by atoms with E-state index in [9.17, 15) is 4.79 Å². The number of aryl methyl sites for hydroxylation is 1. The number of rotatable bonds is 2. The molecule has 2 nitrogen and oxygen atoms in total. The highest BCUT2D eigenvalue weighted by atomic mass is 16.1. The second-order valence-corrected chi connectivity index (χ2v) is 2.62. The molecule has 0 aromatic heterocycles. The molecule has 2 heteroatoms. The van der Waals surface area contributed by atoms with Gasteiger partial charge in [-0.2, -0.15) is 0 Å². The molecule has 0 fully saturated rings. The number of hydrogen-bond acceptors (Lipinski definition) is 1. The van der Waals surface area contributed by atoms with Crippen LogP contribution in [-0.4, -0.2) is 12.5 Å². The first-order valence-electron chi connectivity index (χ1n) is 4.00.